The fraction of sp³-hybridized carbons (Fsp3) is 0.200. The molecule has 2 N–H and O–H groups in total. The second kappa shape index (κ2) is 4.02. The van der Waals surface area contributed by atoms with Gasteiger partial charge in [-0.3, -0.25) is 4.98 Å². The van der Waals surface area contributed by atoms with Gasteiger partial charge in [-0.15, -0.1) is 0 Å². The van der Waals surface area contributed by atoms with Gasteiger partial charge in [0.15, 0.2) is 0 Å². The SMILES string of the molecule is CCc1nccn1-c1c(N)cncc1Br. The third-order valence-electron chi connectivity index (χ3n) is 2.18. The molecular formula is C10H11BrN4. The Bertz CT molecular complexity index is 458. The first-order valence-corrected chi connectivity index (χ1v) is 5.45. The summed E-state index contributed by atoms with van der Waals surface area (Å²) >= 11 is 3.44. The van der Waals surface area contributed by atoms with E-state index in [1.54, 1.807) is 18.6 Å². The first kappa shape index (κ1) is 10.2. The van der Waals surface area contributed by atoms with Crippen LogP contribution in [-0.2, 0) is 6.42 Å². The Hall–Kier alpha value is -1.36. The molecule has 0 saturated carbocycles. The molecule has 5 heteroatoms. The monoisotopic (exact) mass is 266 g/mol. The summed E-state index contributed by atoms with van der Waals surface area (Å²) in [6.07, 6.45) is 7.90. The van der Waals surface area contributed by atoms with Crippen molar-refractivity contribution in [2.45, 2.75) is 13.3 Å². The van der Waals surface area contributed by atoms with Crippen molar-refractivity contribution in [1.82, 2.24) is 14.5 Å². The molecule has 0 aliphatic heterocycles. The molecule has 2 aromatic rings. The highest BCUT2D eigenvalue weighted by molar-refractivity contribution is 9.10. The van der Waals surface area contributed by atoms with E-state index >= 15 is 0 Å². The molecule has 0 atom stereocenters. The first-order valence-electron chi connectivity index (χ1n) is 4.65. The number of halogens is 1. The van der Waals surface area contributed by atoms with Crippen LogP contribution in [-0.4, -0.2) is 14.5 Å². The van der Waals surface area contributed by atoms with Crippen molar-refractivity contribution in [2.75, 3.05) is 5.73 Å². The number of nitrogens with zero attached hydrogens (tertiary/aromatic N) is 3. The van der Waals surface area contributed by atoms with Gasteiger partial charge in [-0.25, -0.2) is 4.98 Å². The molecule has 4 nitrogen and oxygen atoms in total. The lowest BCUT2D eigenvalue weighted by atomic mass is 10.3. The zero-order valence-electron chi connectivity index (χ0n) is 8.31. The van der Waals surface area contributed by atoms with Crippen LogP contribution in [0.2, 0.25) is 0 Å². The average molecular weight is 267 g/mol. The quantitative estimate of drug-likeness (QED) is 0.907. The zero-order chi connectivity index (χ0) is 10.8. The molecule has 0 fully saturated rings. The number of anilines is 1. The van der Waals surface area contributed by atoms with Crippen LogP contribution in [0.25, 0.3) is 5.69 Å². The Labute approximate surface area is 96.3 Å². The number of aryl methyl sites for hydroxylation is 1. The molecule has 0 aliphatic carbocycles. The van der Waals surface area contributed by atoms with Crippen molar-refractivity contribution < 1.29 is 0 Å². The van der Waals surface area contributed by atoms with Crippen molar-refractivity contribution >= 4 is 21.6 Å². The molecule has 0 amide bonds. The second-order valence-corrected chi connectivity index (χ2v) is 3.98. The number of nitrogen functional groups attached to an aromatic ring is 1. The Kier molecular flexibility index (Phi) is 2.73. The van der Waals surface area contributed by atoms with Crippen LogP contribution >= 0.6 is 15.9 Å². The third kappa shape index (κ3) is 1.74. The van der Waals surface area contributed by atoms with Gasteiger partial charge in [0.2, 0.25) is 0 Å². The topological polar surface area (TPSA) is 56.7 Å². The number of pyridine rings is 1. The molecule has 0 radical (unpaired) electrons. The van der Waals surface area contributed by atoms with Gasteiger partial charge in [-0.1, -0.05) is 6.92 Å². The number of hydrogen-bond donors (Lipinski definition) is 1. The predicted octanol–water partition coefficient (Wildman–Crippen LogP) is 2.17. The van der Waals surface area contributed by atoms with Gasteiger partial charge >= 0.3 is 0 Å². The van der Waals surface area contributed by atoms with E-state index in [1.165, 1.54) is 0 Å². The summed E-state index contributed by atoms with van der Waals surface area (Å²) in [4.78, 5) is 8.26. The van der Waals surface area contributed by atoms with E-state index in [4.69, 9.17) is 5.73 Å². The highest BCUT2D eigenvalue weighted by atomic mass is 79.9. The van der Waals surface area contributed by atoms with E-state index in [9.17, 15) is 0 Å². The maximum Gasteiger partial charge on any atom is 0.113 e. The first-order chi connectivity index (χ1) is 7.24. The van der Waals surface area contributed by atoms with E-state index in [2.05, 4.69) is 32.8 Å². The van der Waals surface area contributed by atoms with Crippen LogP contribution in [0.15, 0.2) is 29.3 Å². The Morgan fingerprint density at radius 3 is 2.93 bits per heavy atom. The molecule has 0 saturated heterocycles. The molecule has 2 aromatic heterocycles. The van der Waals surface area contributed by atoms with Crippen LogP contribution in [0.4, 0.5) is 5.69 Å². The minimum atomic E-state index is 0.636. The molecule has 0 aliphatic rings. The summed E-state index contributed by atoms with van der Waals surface area (Å²) in [7, 11) is 0. The Morgan fingerprint density at radius 2 is 2.27 bits per heavy atom. The number of rotatable bonds is 2. The number of nitrogens with two attached hydrogens (primary N) is 1. The van der Waals surface area contributed by atoms with Gasteiger partial charge in [-0.2, -0.15) is 0 Å². The van der Waals surface area contributed by atoms with Crippen molar-refractivity contribution in [3.05, 3.63) is 35.1 Å². The van der Waals surface area contributed by atoms with Gasteiger partial charge in [-0.05, 0) is 15.9 Å². The fourth-order valence-electron chi connectivity index (χ4n) is 1.50. The fourth-order valence-corrected chi connectivity index (χ4v) is 2.04. The minimum absolute atomic E-state index is 0.636. The van der Waals surface area contributed by atoms with E-state index in [0.29, 0.717) is 5.69 Å². The van der Waals surface area contributed by atoms with E-state index < -0.39 is 0 Å². The number of hydrogen-bond acceptors (Lipinski definition) is 3. The Morgan fingerprint density at radius 1 is 1.47 bits per heavy atom. The zero-order valence-corrected chi connectivity index (χ0v) is 9.90. The molecule has 2 rings (SSSR count). The van der Waals surface area contributed by atoms with Crippen LogP contribution in [0.1, 0.15) is 12.7 Å². The second-order valence-electron chi connectivity index (χ2n) is 3.13. The lowest BCUT2D eigenvalue weighted by molar-refractivity contribution is 0.888. The predicted molar refractivity (Wildman–Crippen MR) is 62.8 cm³/mol. The van der Waals surface area contributed by atoms with E-state index in [-0.39, 0.29) is 0 Å². The standard InChI is InChI=1S/C10H11BrN4/c1-2-9-14-3-4-15(9)10-7(11)5-13-6-8(10)12/h3-6H,2,12H2,1H3. The molecule has 15 heavy (non-hydrogen) atoms. The lowest BCUT2D eigenvalue weighted by Gasteiger charge is -2.10. The maximum atomic E-state index is 5.90. The summed E-state index contributed by atoms with van der Waals surface area (Å²) in [6, 6.07) is 0. The number of aromatic nitrogens is 3. The van der Waals surface area contributed by atoms with Crippen molar-refractivity contribution in [3.63, 3.8) is 0 Å². The average Bonchev–Trinajstić information content (AvgIpc) is 2.65. The van der Waals surface area contributed by atoms with Gasteiger partial charge in [0, 0.05) is 25.0 Å². The molecular weight excluding hydrogens is 256 g/mol. The molecule has 2 heterocycles. The van der Waals surface area contributed by atoms with Crippen LogP contribution in [0.5, 0.6) is 0 Å². The van der Waals surface area contributed by atoms with Crippen molar-refractivity contribution in [1.29, 1.82) is 0 Å². The van der Waals surface area contributed by atoms with Gasteiger partial charge in [0.05, 0.1) is 22.0 Å². The van der Waals surface area contributed by atoms with Gasteiger partial charge in [0.1, 0.15) is 5.82 Å². The normalized spacial score (nSPS) is 10.5. The summed E-state index contributed by atoms with van der Waals surface area (Å²) in [5, 5.41) is 0. The molecule has 0 bridgehead atoms. The third-order valence-corrected chi connectivity index (χ3v) is 2.76. The lowest BCUT2D eigenvalue weighted by Crippen LogP contribution is -2.04. The summed E-state index contributed by atoms with van der Waals surface area (Å²) in [5.74, 6) is 0.980. The highest BCUT2D eigenvalue weighted by Gasteiger charge is 2.10. The van der Waals surface area contributed by atoms with Crippen molar-refractivity contribution in [3.8, 4) is 5.69 Å². The molecule has 0 aromatic carbocycles. The highest BCUT2D eigenvalue weighted by Crippen LogP contribution is 2.26. The summed E-state index contributed by atoms with van der Waals surface area (Å²) < 4.78 is 2.84. The number of imidazole rings is 1. The molecule has 0 spiro atoms. The van der Waals surface area contributed by atoms with Crippen molar-refractivity contribution in [2.24, 2.45) is 0 Å². The minimum Gasteiger partial charge on any atom is -0.396 e. The van der Waals surface area contributed by atoms with E-state index in [0.717, 1.165) is 22.4 Å². The summed E-state index contributed by atoms with van der Waals surface area (Å²) in [5.41, 5.74) is 7.43. The van der Waals surface area contributed by atoms with Gasteiger partial charge in [0.25, 0.3) is 0 Å². The Balaban J connectivity index is 2.63. The largest absolute Gasteiger partial charge is 0.396 e. The molecule has 78 valence electrons. The van der Waals surface area contributed by atoms with Gasteiger partial charge < -0.3 is 10.3 Å². The van der Waals surface area contributed by atoms with Crippen LogP contribution in [0, 0.1) is 0 Å². The summed E-state index contributed by atoms with van der Waals surface area (Å²) in [6.45, 7) is 2.06. The molecule has 0 unspecified atom stereocenters. The maximum absolute atomic E-state index is 5.90. The van der Waals surface area contributed by atoms with E-state index in [1.807, 2.05) is 10.8 Å². The van der Waals surface area contributed by atoms with Crippen LogP contribution < -0.4 is 5.73 Å². The smallest absolute Gasteiger partial charge is 0.113 e. The van der Waals surface area contributed by atoms with Crippen LogP contribution in [0.3, 0.4) is 0 Å².